The first-order valence-electron chi connectivity index (χ1n) is 8.03. The number of hydrogen-bond donors (Lipinski definition) is 2. The molecule has 130 valence electrons. The van der Waals surface area contributed by atoms with Crippen LogP contribution in [0.2, 0.25) is 0 Å². The molecule has 3 N–H and O–H groups in total. The van der Waals surface area contributed by atoms with Crippen molar-refractivity contribution >= 4 is 30.1 Å². The van der Waals surface area contributed by atoms with Crippen molar-refractivity contribution in [1.29, 1.82) is 0 Å². The van der Waals surface area contributed by atoms with Crippen LogP contribution in [-0.2, 0) is 4.79 Å². The van der Waals surface area contributed by atoms with Crippen LogP contribution in [0, 0.1) is 0 Å². The molecule has 0 saturated carbocycles. The molecule has 0 aliphatic carbocycles. The van der Waals surface area contributed by atoms with Gasteiger partial charge in [0.2, 0.25) is 5.91 Å². The number of rotatable bonds is 8. The van der Waals surface area contributed by atoms with Gasteiger partial charge in [0.05, 0.1) is 12.1 Å². The average molecular weight is 358 g/mol. The molecule has 1 aromatic carbocycles. The van der Waals surface area contributed by atoms with E-state index in [1.807, 2.05) is 12.3 Å². The Balaban J connectivity index is 0.00000264. The Bertz CT molecular complexity index is 454. The van der Waals surface area contributed by atoms with Gasteiger partial charge in [0.15, 0.2) is 0 Å². The summed E-state index contributed by atoms with van der Waals surface area (Å²) in [4.78, 5) is 14.6. The number of nitrogens with two attached hydrogens (primary N) is 1. The molecule has 6 heteroatoms. The van der Waals surface area contributed by atoms with Crippen LogP contribution in [0.3, 0.4) is 0 Å². The van der Waals surface area contributed by atoms with Crippen molar-refractivity contribution in [2.45, 2.75) is 31.3 Å². The van der Waals surface area contributed by atoms with E-state index in [2.05, 4.69) is 34.5 Å². The Morgan fingerprint density at radius 1 is 1.30 bits per heavy atom. The quantitative estimate of drug-likeness (QED) is 0.750. The van der Waals surface area contributed by atoms with E-state index in [1.165, 1.54) is 18.4 Å². The second kappa shape index (κ2) is 10.9. The molecule has 2 atom stereocenters. The number of carbonyl (C=O) groups is 1. The number of nitrogens with one attached hydrogen (secondary N) is 1. The molecule has 1 aliphatic heterocycles. The molecule has 1 heterocycles. The molecule has 23 heavy (non-hydrogen) atoms. The molecule has 1 saturated heterocycles. The van der Waals surface area contributed by atoms with Gasteiger partial charge < -0.3 is 11.1 Å². The second-order valence-electron chi connectivity index (χ2n) is 5.80. The third kappa shape index (κ3) is 6.34. The van der Waals surface area contributed by atoms with Gasteiger partial charge in [0, 0.05) is 6.54 Å². The molecule has 1 amide bonds. The fourth-order valence-electron chi connectivity index (χ4n) is 2.89. The van der Waals surface area contributed by atoms with E-state index in [0.29, 0.717) is 6.54 Å². The van der Waals surface area contributed by atoms with Gasteiger partial charge in [-0.2, -0.15) is 11.8 Å². The summed E-state index contributed by atoms with van der Waals surface area (Å²) in [7, 11) is 0. The van der Waals surface area contributed by atoms with E-state index in [1.54, 1.807) is 11.8 Å². The zero-order valence-electron chi connectivity index (χ0n) is 13.7. The molecule has 1 aliphatic rings. The summed E-state index contributed by atoms with van der Waals surface area (Å²) in [6.45, 7) is 2.84. The highest BCUT2D eigenvalue weighted by atomic mass is 35.5. The number of nitrogens with zero attached hydrogens (tertiary/aromatic N) is 1. The highest BCUT2D eigenvalue weighted by Gasteiger charge is 2.24. The molecule has 0 bridgehead atoms. The largest absolute Gasteiger partial charge is 0.353 e. The standard InChI is InChI=1S/C17H27N3OS.ClH/c1-22-12-9-15(18)17(21)19-13-16(20-10-5-6-11-20)14-7-3-2-4-8-14;/h2-4,7-8,15-16H,5-6,9-13,18H2,1H3,(H,19,21);1H/t15-,16?;/m0./s1. The van der Waals surface area contributed by atoms with E-state index in [9.17, 15) is 4.79 Å². The van der Waals surface area contributed by atoms with Gasteiger partial charge >= 0.3 is 0 Å². The summed E-state index contributed by atoms with van der Waals surface area (Å²) in [5.74, 6) is 0.886. The molecule has 1 aromatic rings. The molecule has 0 aromatic heterocycles. The number of benzene rings is 1. The Hall–Kier alpha value is -0.750. The van der Waals surface area contributed by atoms with Crippen molar-refractivity contribution in [3.05, 3.63) is 35.9 Å². The first-order chi connectivity index (χ1) is 10.7. The number of thioether (sulfide) groups is 1. The summed E-state index contributed by atoms with van der Waals surface area (Å²) in [5, 5.41) is 3.05. The average Bonchev–Trinajstić information content (AvgIpc) is 3.08. The molecule has 1 unspecified atom stereocenters. The zero-order chi connectivity index (χ0) is 15.8. The van der Waals surface area contributed by atoms with Crippen LogP contribution in [0.4, 0.5) is 0 Å². The summed E-state index contributed by atoms with van der Waals surface area (Å²) in [6, 6.07) is 10.3. The lowest BCUT2D eigenvalue weighted by Gasteiger charge is -2.28. The Kier molecular flexibility index (Phi) is 9.63. The van der Waals surface area contributed by atoms with Gasteiger partial charge in [0.1, 0.15) is 0 Å². The number of halogens is 1. The van der Waals surface area contributed by atoms with Crippen LogP contribution in [0.15, 0.2) is 30.3 Å². The lowest BCUT2D eigenvalue weighted by Crippen LogP contribution is -2.44. The van der Waals surface area contributed by atoms with E-state index in [4.69, 9.17) is 5.73 Å². The SMILES string of the molecule is CSCC[C@H](N)C(=O)NCC(c1ccccc1)N1CCCC1.Cl. The van der Waals surface area contributed by atoms with Crippen molar-refractivity contribution in [2.24, 2.45) is 5.73 Å². The monoisotopic (exact) mass is 357 g/mol. The predicted molar refractivity (Wildman–Crippen MR) is 101 cm³/mol. The van der Waals surface area contributed by atoms with E-state index >= 15 is 0 Å². The summed E-state index contributed by atoms with van der Waals surface area (Å²) >= 11 is 1.72. The normalized spacial score (nSPS) is 17.3. The third-order valence-electron chi connectivity index (χ3n) is 4.21. The summed E-state index contributed by atoms with van der Waals surface area (Å²) in [5.41, 5.74) is 7.21. The van der Waals surface area contributed by atoms with Crippen LogP contribution in [0.1, 0.15) is 30.9 Å². The van der Waals surface area contributed by atoms with Crippen LogP contribution >= 0.6 is 24.2 Å². The number of amides is 1. The summed E-state index contributed by atoms with van der Waals surface area (Å²) in [6.07, 6.45) is 5.24. The molecule has 2 rings (SSSR count). The van der Waals surface area contributed by atoms with Crippen LogP contribution in [0.25, 0.3) is 0 Å². The van der Waals surface area contributed by atoms with E-state index in [-0.39, 0.29) is 24.4 Å². The molecule has 0 radical (unpaired) electrons. The minimum absolute atomic E-state index is 0. The topological polar surface area (TPSA) is 58.4 Å². The maximum absolute atomic E-state index is 12.1. The molecule has 4 nitrogen and oxygen atoms in total. The first-order valence-corrected chi connectivity index (χ1v) is 9.43. The molecular weight excluding hydrogens is 330 g/mol. The highest BCUT2D eigenvalue weighted by molar-refractivity contribution is 7.98. The number of likely N-dealkylation sites (tertiary alicyclic amines) is 1. The van der Waals surface area contributed by atoms with E-state index in [0.717, 1.165) is 25.3 Å². The Morgan fingerprint density at radius 2 is 1.96 bits per heavy atom. The van der Waals surface area contributed by atoms with Crippen molar-refractivity contribution in [1.82, 2.24) is 10.2 Å². The number of hydrogen-bond acceptors (Lipinski definition) is 4. The van der Waals surface area contributed by atoms with E-state index < -0.39 is 6.04 Å². The van der Waals surface area contributed by atoms with Gasteiger partial charge in [-0.3, -0.25) is 9.69 Å². The van der Waals surface area contributed by atoms with Crippen LogP contribution < -0.4 is 11.1 Å². The Labute approximate surface area is 150 Å². The highest BCUT2D eigenvalue weighted by Crippen LogP contribution is 2.24. The lowest BCUT2D eigenvalue weighted by atomic mass is 10.1. The maximum atomic E-state index is 12.1. The fraction of sp³-hybridized carbons (Fsp3) is 0.588. The Morgan fingerprint density at radius 3 is 2.57 bits per heavy atom. The van der Waals surface area contributed by atoms with Crippen LogP contribution in [-0.4, -0.2) is 48.5 Å². The van der Waals surface area contributed by atoms with Crippen LogP contribution in [0.5, 0.6) is 0 Å². The molecule has 1 fully saturated rings. The van der Waals surface area contributed by atoms with Gasteiger partial charge in [-0.25, -0.2) is 0 Å². The maximum Gasteiger partial charge on any atom is 0.237 e. The zero-order valence-corrected chi connectivity index (χ0v) is 15.4. The van der Waals surface area contributed by atoms with Crippen molar-refractivity contribution in [3.63, 3.8) is 0 Å². The first kappa shape index (κ1) is 20.3. The lowest BCUT2D eigenvalue weighted by molar-refractivity contribution is -0.122. The minimum atomic E-state index is -0.401. The van der Waals surface area contributed by atoms with Gasteiger partial charge in [-0.1, -0.05) is 30.3 Å². The fourth-order valence-corrected chi connectivity index (χ4v) is 3.38. The predicted octanol–water partition coefficient (Wildman–Crippen LogP) is 2.44. The van der Waals surface area contributed by atoms with Gasteiger partial charge in [-0.15, -0.1) is 12.4 Å². The van der Waals surface area contributed by atoms with Gasteiger partial charge in [-0.05, 0) is 49.9 Å². The molecular formula is C17H28ClN3OS. The van der Waals surface area contributed by atoms with Gasteiger partial charge in [0.25, 0.3) is 0 Å². The van der Waals surface area contributed by atoms with Crippen molar-refractivity contribution in [3.8, 4) is 0 Å². The summed E-state index contributed by atoms with van der Waals surface area (Å²) < 4.78 is 0. The molecule has 0 spiro atoms. The third-order valence-corrected chi connectivity index (χ3v) is 4.85. The smallest absolute Gasteiger partial charge is 0.237 e. The number of carbonyl (C=O) groups excluding carboxylic acids is 1. The minimum Gasteiger partial charge on any atom is -0.353 e. The van der Waals surface area contributed by atoms with Crippen molar-refractivity contribution < 1.29 is 4.79 Å². The second-order valence-corrected chi connectivity index (χ2v) is 6.79. The van der Waals surface area contributed by atoms with Crippen molar-refractivity contribution in [2.75, 3.05) is 31.6 Å².